The van der Waals surface area contributed by atoms with Crippen LogP contribution in [0.4, 0.5) is 8.78 Å². The van der Waals surface area contributed by atoms with Crippen LogP contribution in [0, 0.1) is 25.5 Å². The second-order valence-corrected chi connectivity index (χ2v) is 3.95. The Bertz CT molecular complexity index is 530. The lowest BCUT2D eigenvalue weighted by molar-refractivity contribution is 0.509. The zero-order chi connectivity index (χ0) is 11.7. The van der Waals surface area contributed by atoms with E-state index in [2.05, 4.69) is 0 Å². The predicted molar refractivity (Wildman–Crippen MR) is 61.3 cm³/mol. The monoisotopic (exact) mass is 218 g/mol. The summed E-state index contributed by atoms with van der Waals surface area (Å²) >= 11 is 0. The number of benzene rings is 2. The number of aryl methyl sites for hydroxylation is 2. The summed E-state index contributed by atoms with van der Waals surface area (Å²) in [7, 11) is 0. The van der Waals surface area contributed by atoms with E-state index in [1.165, 1.54) is 6.07 Å². The van der Waals surface area contributed by atoms with Crippen LogP contribution in [0.1, 0.15) is 11.1 Å². The largest absolute Gasteiger partial charge is 0.204 e. The standard InChI is InChI=1S/C14H12F2/c1-9-3-5-12(10(2)7-9)11-4-6-13(15)14(16)8-11/h3-8H,1-2H3. The normalized spacial score (nSPS) is 10.5. The summed E-state index contributed by atoms with van der Waals surface area (Å²) in [4.78, 5) is 0. The van der Waals surface area contributed by atoms with Gasteiger partial charge in [-0.25, -0.2) is 8.78 Å². The Morgan fingerprint density at radius 1 is 0.812 bits per heavy atom. The van der Waals surface area contributed by atoms with Crippen molar-refractivity contribution in [2.75, 3.05) is 0 Å². The highest BCUT2D eigenvalue weighted by atomic mass is 19.2. The molecule has 82 valence electrons. The molecule has 2 rings (SSSR count). The van der Waals surface area contributed by atoms with Gasteiger partial charge in [0.1, 0.15) is 0 Å². The zero-order valence-electron chi connectivity index (χ0n) is 9.22. The highest BCUT2D eigenvalue weighted by Gasteiger charge is 2.06. The molecule has 0 fully saturated rings. The van der Waals surface area contributed by atoms with Crippen LogP contribution >= 0.6 is 0 Å². The van der Waals surface area contributed by atoms with Crippen molar-refractivity contribution in [3.8, 4) is 11.1 Å². The Hall–Kier alpha value is -1.70. The predicted octanol–water partition coefficient (Wildman–Crippen LogP) is 4.25. The molecule has 2 aromatic rings. The van der Waals surface area contributed by atoms with E-state index in [1.54, 1.807) is 6.07 Å². The maximum Gasteiger partial charge on any atom is 0.159 e. The van der Waals surface area contributed by atoms with Gasteiger partial charge in [0, 0.05) is 0 Å². The lowest BCUT2D eigenvalue weighted by Gasteiger charge is -2.07. The summed E-state index contributed by atoms with van der Waals surface area (Å²) in [5.41, 5.74) is 3.86. The van der Waals surface area contributed by atoms with Crippen molar-refractivity contribution in [2.24, 2.45) is 0 Å². The first-order valence-electron chi connectivity index (χ1n) is 5.10. The minimum atomic E-state index is -0.812. The van der Waals surface area contributed by atoms with Crippen LogP contribution in [-0.4, -0.2) is 0 Å². The van der Waals surface area contributed by atoms with Crippen molar-refractivity contribution in [3.63, 3.8) is 0 Å². The van der Waals surface area contributed by atoms with Crippen molar-refractivity contribution < 1.29 is 8.78 Å². The van der Waals surface area contributed by atoms with Crippen LogP contribution in [0.3, 0.4) is 0 Å². The first kappa shape index (κ1) is 10.8. The number of halogens is 2. The quantitative estimate of drug-likeness (QED) is 0.671. The molecule has 0 unspecified atom stereocenters. The van der Waals surface area contributed by atoms with Crippen LogP contribution in [-0.2, 0) is 0 Å². The van der Waals surface area contributed by atoms with E-state index < -0.39 is 11.6 Å². The topological polar surface area (TPSA) is 0 Å². The summed E-state index contributed by atoms with van der Waals surface area (Å²) in [6, 6.07) is 9.89. The van der Waals surface area contributed by atoms with Crippen molar-refractivity contribution in [3.05, 3.63) is 59.2 Å². The van der Waals surface area contributed by atoms with E-state index in [0.29, 0.717) is 5.56 Å². The summed E-state index contributed by atoms with van der Waals surface area (Å²) in [6.45, 7) is 3.96. The smallest absolute Gasteiger partial charge is 0.159 e. The van der Waals surface area contributed by atoms with E-state index in [4.69, 9.17) is 0 Å². The second kappa shape index (κ2) is 4.05. The van der Waals surface area contributed by atoms with Gasteiger partial charge in [0.2, 0.25) is 0 Å². The SMILES string of the molecule is Cc1ccc(-c2ccc(F)c(F)c2)c(C)c1. The first-order valence-corrected chi connectivity index (χ1v) is 5.10. The molecular weight excluding hydrogens is 206 g/mol. The fourth-order valence-electron chi connectivity index (χ4n) is 1.80. The molecule has 0 heterocycles. The third kappa shape index (κ3) is 1.96. The fraction of sp³-hybridized carbons (Fsp3) is 0.143. The summed E-state index contributed by atoms with van der Waals surface area (Å²) in [6.07, 6.45) is 0. The Labute approximate surface area is 93.5 Å². The summed E-state index contributed by atoms with van der Waals surface area (Å²) in [5, 5.41) is 0. The molecule has 0 atom stereocenters. The molecular formula is C14H12F2. The average Bonchev–Trinajstić information content (AvgIpc) is 2.22. The van der Waals surface area contributed by atoms with Gasteiger partial charge in [-0.3, -0.25) is 0 Å². The van der Waals surface area contributed by atoms with E-state index in [1.807, 2.05) is 32.0 Å². The van der Waals surface area contributed by atoms with E-state index >= 15 is 0 Å². The van der Waals surface area contributed by atoms with Crippen LogP contribution in [0.15, 0.2) is 36.4 Å². The Morgan fingerprint density at radius 3 is 2.19 bits per heavy atom. The van der Waals surface area contributed by atoms with Gasteiger partial charge in [-0.1, -0.05) is 29.8 Å². The fourth-order valence-corrected chi connectivity index (χ4v) is 1.80. The van der Waals surface area contributed by atoms with E-state index in [0.717, 1.165) is 22.8 Å². The molecule has 0 saturated carbocycles. The third-order valence-electron chi connectivity index (χ3n) is 2.61. The first-order chi connectivity index (χ1) is 7.58. The van der Waals surface area contributed by atoms with Gasteiger partial charge < -0.3 is 0 Å². The maximum absolute atomic E-state index is 13.1. The lowest BCUT2D eigenvalue weighted by atomic mass is 9.99. The molecule has 0 N–H and O–H groups in total. The van der Waals surface area contributed by atoms with Crippen LogP contribution in [0.25, 0.3) is 11.1 Å². The van der Waals surface area contributed by atoms with Gasteiger partial charge in [0.25, 0.3) is 0 Å². The van der Waals surface area contributed by atoms with Crippen molar-refractivity contribution in [2.45, 2.75) is 13.8 Å². The van der Waals surface area contributed by atoms with Gasteiger partial charge in [-0.2, -0.15) is 0 Å². The number of rotatable bonds is 1. The Kier molecular flexibility index (Phi) is 2.73. The molecule has 0 nitrogen and oxygen atoms in total. The van der Waals surface area contributed by atoms with Gasteiger partial charge in [-0.05, 0) is 42.7 Å². The molecule has 0 saturated heterocycles. The third-order valence-corrected chi connectivity index (χ3v) is 2.61. The van der Waals surface area contributed by atoms with Crippen molar-refractivity contribution in [1.29, 1.82) is 0 Å². The molecule has 0 spiro atoms. The molecule has 2 heteroatoms. The Balaban J connectivity index is 2.54. The molecule has 0 aliphatic carbocycles. The van der Waals surface area contributed by atoms with Crippen LogP contribution in [0.2, 0.25) is 0 Å². The van der Waals surface area contributed by atoms with E-state index in [9.17, 15) is 8.78 Å². The van der Waals surface area contributed by atoms with E-state index in [-0.39, 0.29) is 0 Å². The average molecular weight is 218 g/mol. The van der Waals surface area contributed by atoms with Crippen LogP contribution in [0.5, 0.6) is 0 Å². The molecule has 0 aliphatic heterocycles. The maximum atomic E-state index is 13.1. The Morgan fingerprint density at radius 2 is 1.56 bits per heavy atom. The van der Waals surface area contributed by atoms with Crippen LogP contribution < -0.4 is 0 Å². The summed E-state index contributed by atoms with van der Waals surface area (Å²) in [5.74, 6) is -1.62. The minimum Gasteiger partial charge on any atom is -0.204 e. The van der Waals surface area contributed by atoms with Crippen molar-refractivity contribution >= 4 is 0 Å². The van der Waals surface area contributed by atoms with Gasteiger partial charge in [-0.15, -0.1) is 0 Å². The molecule has 0 amide bonds. The highest BCUT2D eigenvalue weighted by molar-refractivity contribution is 5.67. The highest BCUT2D eigenvalue weighted by Crippen LogP contribution is 2.25. The molecule has 2 aromatic carbocycles. The molecule has 0 aromatic heterocycles. The molecule has 0 aliphatic rings. The number of hydrogen-bond acceptors (Lipinski definition) is 0. The molecule has 16 heavy (non-hydrogen) atoms. The second-order valence-electron chi connectivity index (χ2n) is 3.95. The molecule has 0 radical (unpaired) electrons. The van der Waals surface area contributed by atoms with Gasteiger partial charge in [0.15, 0.2) is 11.6 Å². The van der Waals surface area contributed by atoms with Gasteiger partial charge in [0.05, 0.1) is 0 Å². The van der Waals surface area contributed by atoms with Crippen molar-refractivity contribution in [1.82, 2.24) is 0 Å². The molecule has 0 bridgehead atoms. The zero-order valence-corrected chi connectivity index (χ0v) is 9.22. The minimum absolute atomic E-state index is 0.705. The number of hydrogen-bond donors (Lipinski definition) is 0. The summed E-state index contributed by atoms with van der Waals surface area (Å²) < 4.78 is 25.9. The lowest BCUT2D eigenvalue weighted by Crippen LogP contribution is -1.88. The van der Waals surface area contributed by atoms with Gasteiger partial charge >= 0.3 is 0 Å².